The van der Waals surface area contributed by atoms with E-state index in [9.17, 15) is 14.7 Å². The van der Waals surface area contributed by atoms with E-state index in [1.165, 1.54) is 11.0 Å². The number of hydrogen-bond acceptors (Lipinski definition) is 9. The molecule has 2 aliphatic rings. The molecular weight excluding hydrogens is 426 g/mol. The highest BCUT2D eigenvalue weighted by Gasteiger charge is 2.29. The molecule has 4 heterocycles. The minimum Gasteiger partial charge on any atom is -0.457 e. The monoisotopic (exact) mass is 449 g/mol. The zero-order chi connectivity index (χ0) is 22.9. The number of ether oxygens (including phenoxy) is 1. The van der Waals surface area contributed by atoms with Crippen molar-refractivity contribution in [1.82, 2.24) is 35.4 Å². The molecule has 2 aromatic heterocycles. The predicted octanol–water partition coefficient (Wildman–Crippen LogP) is 0.574. The number of carbonyl (C=O) groups excluding carboxylic acids is 2. The van der Waals surface area contributed by atoms with Crippen LogP contribution in [0.5, 0.6) is 0 Å². The fraction of sp³-hybridized carbons (Fsp3) is 0.364. The highest BCUT2D eigenvalue weighted by molar-refractivity contribution is 5.94. The van der Waals surface area contributed by atoms with Crippen LogP contribution in [-0.2, 0) is 11.3 Å². The number of rotatable bonds is 6. The number of β-amino-alcohol motifs (C(OH)–C–C–N with tert-alkyl or cyclic N) is 1. The Balaban J connectivity index is 1.17. The minimum absolute atomic E-state index is 0.0298. The van der Waals surface area contributed by atoms with E-state index in [-0.39, 0.29) is 24.5 Å². The van der Waals surface area contributed by atoms with Gasteiger partial charge in [0.25, 0.3) is 5.91 Å². The van der Waals surface area contributed by atoms with Crippen LogP contribution >= 0.6 is 0 Å². The molecule has 1 fully saturated rings. The Morgan fingerprint density at radius 3 is 2.97 bits per heavy atom. The summed E-state index contributed by atoms with van der Waals surface area (Å²) >= 11 is 0. The van der Waals surface area contributed by atoms with Gasteiger partial charge in [0.15, 0.2) is 0 Å². The first kappa shape index (κ1) is 21.2. The number of cyclic esters (lactones) is 1. The van der Waals surface area contributed by atoms with E-state index in [2.05, 4.69) is 30.7 Å². The summed E-state index contributed by atoms with van der Waals surface area (Å²) in [5.74, 6) is -0.559. The van der Waals surface area contributed by atoms with Crippen LogP contribution in [-0.4, -0.2) is 72.8 Å². The van der Waals surface area contributed by atoms with E-state index in [1.54, 1.807) is 30.5 Å². The molecule has 2 N–H and O–H groups in total. The largest absolute Gasteiger partial charge is 0.457 e. The first-order valence-electron chi connectivity index (χ1n) is 10.7. The van der Waals surface area contributed by atoms with E-state index in [4.69, 9.17) is 4.74 Å². The molecule has 1 amide bonds. The summed E-state index contributed by atoms with van der Waals surface area (Å²) in [4.78, 5) is 30.7. The van der Waals surface area contributed by atoms with Gasteiger partial charge in [-0.2, -0.15) is 4.68 Å². The Morgan fingerprint density at radius 2 is 2.21 bits per heavy atom. The van der Waals surface area contributed by atoms with Crippen molar-refractivity contribution in [1.29, 1.82) is 0 Å². The molecule has 0 aliphatic carbocycles. The van der Waals surface area contributed by atoms with Crippen LogP contribution < -0.4 is 5.32 Å². The third kappa shape index (κ3) is 4.20. The van der Waals surface area contributed by atoms with Gasteiger partial charge in [-0.25, -0.2) is 9.78 Å². The Bertz CT molecular complexity index is 1180. The summed E-state index contributed by atoms with van der Waals surface area (Å²) in [7, 11) is 0. The normalized spacial score (nSPS) is 18.7. The number of aromatic nitrogens is 5. The van der Waals surface area contributed by atoms with Crippen molar-refractivity contribution in [2.75, 3.05) is 19.6 Å². The Morgan fingerprint density at radius 1 is 1.33 bits per heavy atom. The van der Waals surface area contributed by atoms with Crippen LogP contribution in [0.25, 0.3) is 5.69 Å². The second-order valence-corrected chi connectivity index (χ2v) is 8.27. The molecular formula is C22H23N7O4. The van der Waals surface area contributed by atoms with E-state index in [0.29, 0.717) is 30.0 Å². The first-order chi connectivity index (χ1) is 16.0. The van der Waals surface area contributed by atoms with Crippen molar-refractivity contribution >= 4 is 11.9 Å². The SMILES string of the molecule is Cc1c(C(O)CN2CCC(NC(=O)c3ccc(-n4cnnn4)cn3)C2)ccc2c1COC2=O. The lowest BCUT2D eigenvalue weighted by atomic mass is 9.95. The van der Waals surface area contributed by atoms with Gasteiger partial charge in [0.2, 0.25) is 0 Å². The summed E-state index contributed by atoms with van der Waals surface area (Å²) < 4.78 is 6.56. The van der Waals surface area contributed by atoms with Gasteiger partial charge in [0.05, 0.1) is 23.6 Å². The van der Waals surface area contributed by atoms with Gasteiger partial charge in [-0.1, -0.05) is 6.07 Å². The maximum atomic E-state index is 12.6. The van der Waals surface area contributed by atoms with E-state index in [0.717, 1.165) is 29.7 Å². The highest BCUT2D eigenvalue weighted by Crippen LogP contribution is 2.29. The molecule has 0 spiro atoms. The van der Waals surface area contributed by atoms with Crippen molar-refractivity contribution < 1.29 is 19.4 Å². The third-order valence-corrected chi connectivity index (χ3v) is 6.20. The zero-order valence-corrected chi connectivity index (χ0v) is 18.0. The molecule has 0 radical (unpaired) electrons. The Kier molecular flexibility index (Phi) is 5.56. The maximum absolute atomic E-state index is 12.6. The lowest BCUT2D eigenvalue weighted by molar-refractivity contribution is 0.0534. The molecule has 11 heteroatoms. The van der Waals surface area contributed by atoms with Crippen LogP contribution in [0.15, 0.2) is 36.8 Å². The summed E-state index contributed by atoms with van der Waals surface area (Å²) in [6, 6.07) is 6.85. The maximum Gasteiger partial charge on any atom is 0.338 e. The highest BCUT2D eigenvalue weighted by atomic mass is 16.5. The smallest absolute Gasteiger partial charge is 0.338 e. The van der Waals surface area contributed by atoms with Gasteiger partial charge in [0.1, 0.15) is 18.6 Å². The number of nitrogens with one attached hydrogen (secondary N) is 1. The molecule has 1 saturated heterocycles. The number of pyridine rings is 1. The topological polar surface area (TPSA) is 135 Å². The van der Waals surface area contributed by atoms with Crippen molar-refractivity contribution in [2.45, 2.75) is 32.1 Å². The molecule has 3 aromatic rings. The van der Waals surface area contributed by atoms with Crippen LogP contribution in [0.2, 0.25) is 0 Å². The lowest BCUT2D eigenvalue weighted by Gasteiger charge is -2.22. The van der Waals surface area contributed by atoms with E-state index < -0.39 is 6.10 Å². The summed E-state index contributed by atoms with van der Waals surface area (Å²) in [6.45, 7) is 4.00. The van der Waals surface area contributed by atoms with Crippen LogP contribution in [0.1, 0.15) is 50.1 Å². The molecule has 11 nitrogen and oxygen atoms in total. The fourth-order valence-corrected chi connectivity index (χ4v) is 4.38. The Labute approximate surface area is 189 Å². The summed E-state index contributed by atoms with van der Waals surface area (Å²) in [5.41, 5.74) is 4.09. The van der Waals surface area contributed by atoms with Gasteiger partial charge in [0, 0.05) is 31.2 Å². The second-order valence-electron chi connectivity index (χ2n) is 8.27. The lowest BCUT2D eigenvalue weighted by Crippen LogP contribution is -2.38. The van der Waals surface area contributed by atoms with Gasteiger partial charge in [-0.3, -0.25) is 9.69 Å². The van der Waals surface area contributed by atoms with Gasteiger partial charge < -0.3 is 15.2 Å². The minimum atomic E-state index is -0.694. The second kappa shape index (κ2) is 8.68. The molecule has 5 rings (SSSR count). The van der Waals surface area contributed by atoms with Crippen LogP contribution in [0.4, 0.5) is 0 Å². The van der Waals surface area contributed by atoms with E-state index in [1.807, 2.05) is 6.92 Å². The predicted molar refractivity (Wildman–Crippen MR) is 115 cm³/mol. The molecule has 170 valence electrons. The van der Waals surface area contributed by atoms with Crippen LogP contribution in [0.3, 0.4) is 0 Å². The summed E-state index contributed by atoms with van der Waals surface area (Å²) in [5, 5.41) is 24.8. The van der Waals surface area contributed by atoms with Gasteiger partial charge >= 0.3 is 5.97 Å². The molecule has 1 aromatic carbocycles. The number of fused-ring (bicyclic) bond motifs is 1. The third-order valence-electron chi connectivity index (χ3n) is 6.20. The Hall–Kier alpha value is -3.70. The number of tetrazole rings is 1. The van der Waals surface area contributed by atoms with Crippen molar-refractivity contribution in [3.8, 4) is 5.69 Å². The van der Waals surface area contributed by atoms with Crippen molar-refractivity contribution in [3.63, 3.8) is 0 Å². The van der Waals surface area contributed by atoms with E-state index >= 15 is 0 Å². The average molecular weight is 449 g/mol. The molecule has 0 saturated carbocycles. The molecule has 33 heavy (non-hydrogen) atoms. The zero-order valence-electron chi connectivity index (χ0n) is 18.0. The number of hydrogen-bond donors (Lipinski definition) is 2. The van der Waals surface area contributed by atoms with Gasteiger partial charge in [-0.15, -0.1) is 5.10 Å². The molecule has 2 aliphatic heterocycles. The first-order valence-corrected chi connectivity index (χ1v) is 10.7. The molecule has 2 unspecified atom stereocenters. The molecule has 2 atom stereocenters. The summed E-state index contributed by atoms with van der Waals surface area (Å²) in [6.07, 6.45) is 3.09. The number of esters is 1. The fourth-order valence-electron chi connectivity index (χ4n) is 4.38. The van der Waals surface area contributed by atoms with Crippen molar-refractivity contribution in [2.24, 2.45) is 0 Å². The standard InChI is InChI=1S/C22H23N7O4/c1-13-16(3-4-17-18(13)11-33-22(17)32)20(30)10-28-7-6-14(9-28)25-21(31)19-5-2-15(8-23-19)29-12-24-26-27-29/h2-5,8,12,14,20,30H,6-7,9-11H2,1H3,(H,25,31). The number of nitrogens with zero attached hydrogens (tertiary/aromatic N) is 6. The average Bonchev–Trinajstić information content (AvgIpc) is 3.57. The number of benzene rings is 1. The van der Waals surface area contributed by atoms with Crippen molar-refractivity contribution in [3.05, 3.63) is 64.7 Å². The quantitative estimate of drug-likeness (QED) is 0.518. The number of aliphatic hydroxyl groups is 1. The number of aliphatic hydroxyl groups excluding tert-OH is 1. The molecule has 0 bridgehead atoms. The number of likely N-dealkylation sites (tertiary alicyclic amines) is 1. The number of carbonyl (C=O) groups is 2. The van der Waals surface area contributed by atoms with Crippen LogP contribution in [0, 0.1) is 6.92 Å². The van der Waals surface area contributed by atoms with Gasteiger partial charge in [-0.05, 0) is 53.1 Å². The number of amides is 1.